The molecule has 7 nitrogen and oxygen atoms in total. The van der Waals surface area contributed by atoms with Crippen LogP contribution in [0.2, 0.25) is 0 Å². The Kier molecular flexibility index (Phi) is 6.81. The summed E-state index contributed by atoms with van der Waals surface area (Å²) in [5, 5.41) is 38.1. The number of carbonyl (C=O) groups is 3. The van der Waals surface area contributed by atoms with Crippen LogP contribution >= 0.6 is 0 Å². The Morgan fingerprint density at radius 3 is 2.28 bits per heavy atom. The molecule has 2 aliphatic rings. The number of aliphatic hydroxyl groups excluding tert-OH is 2. The van der Waals surface area contributed by atoms with E-state index in [1.54, 1.807) is 12.1 Å². The fourth-order valence-corrected chi connectivity index (χ4v) is 4.73. The fraction of sp³-hybridized carbons (Fsp3) is 0.400. The Hall–Kier alpha value is -3.03. The van der Waals surface area contributed by atoms with E-state index in [4.69, 9.17) is 10.2 Å². The number of carbonyl (C=O) groups excluding carboxylic acids is 3. The number of fused-ring (bicyclic) bond motifs is 3. The second kappa shape index (κ2) is 9.22. The summed E-state index contributed by atoms with van der Waals surface area (Å²) < 4.78 is 0. The van der Waals surface area contributed by atoms with Gasteiger partial charge in [-0.3, -0.25) is 14.4 Å². The minimum absolute atomic E-state index is 0.0527. The summed E-state index contributed by atoms with van der Waals surface area (Å²) in [4.78, 5) is 38.7. The highest BCUT2D eigenvalue weighted by molar-refractivity contribution is 6.31. The number of rotatable bonds is 4. The predicted molar refractivity (Wildman–Crippen MR) is 118 cm³/mol. The van der Waals surface area contributed by atoms with E-state index in [2.05, 4.69) is 0 Å². The smallest absolute Gasteiger partial charge is 0.198 e. The van der Waals surface area contributed by atoms with Gasteiger partial charge in [0.25, 0.3) is 0 Å². The zero-order chi connectivity index (χ0) is 23.7. The van der Waals surface area contributed by atoms with Crippen molar-refractivity contribution in [1.82, 2.24) is 0 Å². The maximum absolute atomic E-state index is 13.5. The predicted octanol–water partition coefficient (Wildman–Crippen LogP) is 2.66. The summed E-state index contributed by atoms with van der Waals surface area (Å²) >= 11 is 0. The van der Waals surface area contributed by atoms with Crippen LogP contribution in [0.15, 0.2) is 18.2 Å². The number of aromatic hydroxyl groups is 2. The van der Waals surface area contributed by atoms with E-state index in [-0.39, 0.29) is 52.7 Å². The van der Waals surface area contributed by atoms with Gasteiger partial charge in [-0.2, -0.15) is 0 Å². The minimum Gasteiger partial charge on any atom is -0.507 e. The van der Waals surface area contributed by atoms with Crippen LogP contribution in [0, 0.1) is 5.92 Å². The summed E-state index contributed by atoms with van der Waals surface area (Å²) in [5.41, 5.74) is 1.64. The van der Waals surface area contributed by atoms with E-state index in [0.29, 0.717) is 23.1 Å². The average Bonchev–Trinajstić information content (AvgIpc) is 2.84. The molecule has 4 rings (SSSR count). The van der Waals surface area contributed by atoms with Gasteiger partial charge in [-0.1, -0.05) is 32.0 Å². The molecule has 0 heterocycles. The molecule has 4 N–H and O–H groups in total. The normalized spacial score (nSPS) is 17.5. The molecule has 0 saturated carbocycles. The van der Waals surface area contributed by atoms with Gasteiger partial charge in [0.1, 0.15) is 18.1 Å². The number of Topliss-reactive ketones (excluding diaryl/α,β-unsaturated/α-hetero) is 1. The molecule has 2 aromatic carbocycles. The Balaban J connectivity index is 0.00000141. The van der Waals surface area contributed by atoms with Crippen molar-refractivity contribution in [1.29, 1.82) is 0 Å². The van der Waals surface area contributed by atoms with Crippen LogP contribution < -0.4 is 0 Å². The molecule has 0 bridgehead atoms. The highest BCUT2D eigenvalue weighted by Gasteiger charge is 2.40. The van der Waals surface area contributed by atoms with Crippen LogP contribution in [0.5, 0.6) is 11.5 Å². The molecule has 0 radical (unpaired) electrons. The SMILES string of the molecule is CCC(C)c1cccc2c1C(=O)c1c(O)c3c(c(O)c1C2=O)C[C@@H](C(=O)CO)CC3.CO. The standard InChI is InChI=1S/C24H24O6.CH4O/c1-3-11(2)13-5-4-6-15-18(13)24(30)20-19(22(15)28)23(29)16-9-12(17(26)10-25)7-8-14(16)21(20)27;1-2/h4-6,11-12,25,27,29H,3,7-10H2,1-2H3;2H,1H3/t11?,12-;/m0./s1. The van der Waals surface area contributed by atoms with E-state index < -0.39 is 24.1 Å². The topological polar surface area (TPSA) is 132 Å². The van der Waals surface area contributed by atoms with Crippen molar-refractivity contribution in [2.45, 2.75) is 45.4 Å². The number of aliphatic hydroxyl groups is 2. The van der Waals surface area contributed by atoms with Crippen molar-refractivity contribution in [3.05, 3.63) is 57.1 Å². The molecule has 0 aliphatic heterocycles. The lowest BCUT2D eigenvalue weighted by Gasteiger charge is -2.30. The number of benzene rings is 2. The third-order valence-corrected chi connectivity index (χ3v) is 6.63. The third kappa shape index (κ3) is 3.51. The first-order valence-corrected chi connectivity index (χ1v) is 10.7. The quantitative estimate of drug-likeness (QED) is 0.459. The summed E-state index contributed by atoms with van der Waals surface area (Å²) in [6, 6.07) is 5.11. The lowest BCUT2D eigenvalue weighted by Crippen LogP contribution is -2.28. The zero-order valence-corrected chi connectivity index (χ0v) is 18.4. The summed E-state index contributed by atoms with van der Waals surface area (Å²) in [6.07, 6.45) is 1.57. The van der Waals surface area contributed by atoms with Crippen LogP contribution in [0.4, 0.5) is 0 Å². The molecule has 2 atom stereocenters. The van der Waals surface area contributed by atoms with Crippen molar-refractivity contribution in [2.24, 2.45) is 5.92 Å². The van der Waals surface area contributed by atoms with E-state index in [9.17, 15) is 24.6 Å². The maximum atomic E-state index is 13.5. The molecule has 170 valence electrons. The minimum atomic E-state index is -0.596. The van der Waals surface area contributed by atoms with Crippen molar-refractivity contribution in [2.75, 3.05) is 13.7 Å². The number of ketones is 3. The van der Waals surface area contributed by atoms with Gasteiger partial charge >= 0.3 is 0 Å². The molecule has 1 unspecified atom stereocenters. The summed E-state index contributed by atoms with van der Waals surface area (Å²) in [5.74, 6) is -2.37. The Labute approximate surface area is 186 Å². The molecule has 2 aliphatic carbocycles. The summed E-state index contributed by atoms with van der Waals surface area (Å²) in [6.45, 7) is 3.38. The van der Waals surface area contributed by atoms with Crippen molar-refractivity contribution >= 4 is 17.3 Å². The highest BCUT2D eigenvalue weighted by atomic mass is 16.3. The first-order chi connectivity index (χ1) is 15.3. The molecule has 0 fully saturated rings. The number of hydrogen-bond donors (Lipinski definition) is 4. The van der Waals surface area contributed by atoms with Gasteiger partial charge in [-0.25, -0.2) is 0 Å². The fourth-order valence-electron chi connectivity index (χ4n) is 4.73. The largest absolute Gasteiger partial charge is 0.507 e. The second-order valence-electron chi connectivity index (χ2n) is 8.21. The average molecular weight is 440 g/mol. The molecule has 0 aromatic heterocycles. The van der Waals surface area contributed by atoms with Gasteiger partial charge in [-0.15, -0.1) is 0 Å². The van der Waals surface area contributed by atoms with Crippen LogP contribution in [-0.2, 0) is 17.6 Å². The molecular weight excluding hydrogens is 412 g/mol. The van der Waals surface area contributed by atoms with Crippen molar-refractivity contribution in [3.63, 3.8) is 0 Å². The van der Waals surface area contributed by atoms with Gasteiger partial charge in [0, 0.05) is 35.3 Å². The molecule has 0 saturated heterocycles. The molecule has 0 amide bonds. The van der Waals surface area contributed by atoms with Gasteiger partial charge in [-0.05, 0) is 37.2 Å². The van der Waals surface area contributed by atoms with E-state index in [0.717, 1.165) is 19.1 Å². The zero-order valence-electron chi connectivity index (χ0n) is 18.4. The van der Waals surface area contributed by atoms with Gasteiger partial charge in [0.2, 0.25) is 0 Å². The molecule has 32 heavy (non-hydrogen) atoms. The van der Waals surface area contributed by atoms with E-state index in [1.807, 2.05) is 19.9 Å². The summed E-state index contributed by atoms with van der Waals surface area (Å²) in [7, 11) is 1.00. The van der Waals surface area contributed by atoms with Gasteiger partial charge in [0.15, 0.2) is 17.3 Å². The molecule has 2 aromatic rings. The Morgan fingerprint density at radius 1 is 1.03 bits per heavy atom. The molecular formula is C25H28O7. The lowest BCUT2D eigenvalue weighted by molar-refractivity contribution is -0.125. The van der Waals surface area contributed by atoms with Crippen LogP contribution in [0.3, 0.4) is 0 Å². The van der Waals surface area contributed by atoms with Crippen LogP contribution in [0.1, 0.15) is 81.1 Å². The Morgan fingerprint density at radius 2 is 1.66 bits per heavy atom. The number of phenolic OH excluding ortho intramolecular Hbond substituents is 2. The van der Waals surface area contributed by atoms with E-state index >= 15 is 0 Å². The van der Waals surface area contributed by atoms with Gasteiger partial charge < -0.3 is 20.4 Å². The van der Waals surface area contributed by atoms with Crippen molar-refractivity contribution in [3.8, 4) is 11.5 Å². The molecule has 0 spiro atoms. The Bertz CT molecular complexity index is 1100. The maximum Gasteiger partial charge on any atom is 0.198 e. The van der Waals surface area contributed by atoms with Crippen LogP contribution in [-0.4, -0.2) is 51.5 Å². The lowest BCUT2D eigenvalue weighted by atomic mass is 9.73. The van der Waals surface area contributed by atoms with Crippen LogP contribution in [0.25, 0.3) is 0 Å². The van der Waals surface area contributed by atoms with Crippen molar-refractivity contribution < 1.29 is 34.8 Å². The second-order valence-corrected chi connectivity index (χ2v) is 8.21. The molecule has 7 heteroatoms. The van der Waals surface area contributed by atoms with Gasteiger partial charge in [0.05, 0.1) is 11.1 Å². The monoisotopic (exact) mass is 440 g/mol. The first kappa shape index (κ1) is 23.6. The number of hydrogen-bond acceptors (Lipinski definition) is 7. The van der Waals surface area contributed by atoms with E-state index in [1.165, 1.54) is 0 Å². The first-order valence-electron chi connectivity index (χ1n) is 10.7. The number of phenols is 2. The third-order valence-electron chi connectivity index (χ3n) is 6.63. The highest BCUT2D eigenvalue weighted by Crippen LogP contribution is 2.47.